The zero-order valence-electron chi connectivity index (χ0n) is 23.5. The van der Waals surface area contributed by atoms with Gasteiger partial charge in [-0.25, -0.2) is 0 Å². The van der Waals surface area contributed by atoms with Gasteiger partial charge in [0.1, 0.15) is 24.7 Å². The first-order valence-electron chi connectivity index (χ1n) is 13.6. The Balaban J connectivity index is 1.69. The van der Waals surface area contributed by atoms with Gasteiger partial charge in [0.2, 0.25) is 0 Å². The molecule has 0 saturated carbocycles. The quantitative estimate of drug-likeness (QED) is 0.221. The summed E-state index contributed by atoms with van der Waals surface area (Å²) in [7, 11) is 0. The molecule has 0 amide bonds. The minimum Gasteiger partial charge on any atom is -0.489 e. The van der Waals surface area contributed by atoms with Gasteiger partial charge in [0.15, 0.2) is 0 Å². The molecule has 0 aliphatic carbocycles. The van der Waals surface area contributed by atoms with Crippen molar-refractivity contribution in [2.24, 2.45) is 0 Å². The van der Waals surface area contributed by atoms with E-state index in [1.54, 1.807) is 0 Å². The van der Waals surface area contributed by atoms with Crippen LogP contribution in [0.5, 0.6) is 11.5 Å². The number of rotatable bonds is 11. The third kappa shape index (κ3) is 7.97. The number of aryl methyl sites for hydroxylation is 2. The van der Waals surface area contributed by atoms with E-state index < -0.39 is 0 Å². The second kappa shape index (κ2) is 12.8. The van der Waals surface area contributed by atoms with Crippen molar-refractivity contribution in [3.8, 4) is 11.5 Å². The van der Waals surface area contributed by atoms with E-state index in [9.17, 15) is 0 Å². The van der Waals surface area contributed by atoms with Crippen molar-refractivity contribution in [2.45, 2.75) is 65.7 Å². The molecular formula is C35H41NO2. The summed E-state index contributed by atoms with van der Waals surface area (Å²) in [4.78, 5) is 0. The molecule has 198 valence electrons. The van der Waals surface area contributed by atoms with Crippen molar-refractivity contribution in [1.82, 2.24) is 5.32 Å². The summed E-state index contributed by atoms with van der Waals surface area (Å²) in [5.41, 5.74) is 7.12. The maximum Gasteiger partial charge on any atom is 0.123 e. The third-order valence-electron chi connectivity index (χ3n) is 6.65. The molecule has 1 N–H and O–H groups in total. The number of hydrogen-bond donors (Lipinski definition) is 1. The number of benzene rings is 4. The van der Waals surface area contributed by atoms with Crippen LogP contribution in [-0.2, 0) is 13.2 Å². The van der Waals surface area contributed by atoms with Gasteiger partial charge in [0, 0.05) is 22.6 Å². The van der Waals surface area contributed by atoms with E-state index in [1.807, 2.05) is 12.1 Å². The van der Waals surface area contributed by atoms with Crippen LogP contribution < -0.4 is 14.8 Å². The highest BCUT2D eigenvalue weighted by atomic mass is 16.5. The first-order valence-corrected chi connectivity index (χ1v) is 13.6. The SMILES string of the molecule is Cc1ccc(C(CCNC(C)(C)C)c2ccc(C)cc2OCc2ccccc2)c(OCc2ccccc2)c1. The highest BCUT2D eigenvalue weighted by molar-refractivity contribution is 5.49. The summed E-state index contributed by atoms with van der Waals surface area (Å²) in [5, 5.41) is 3.69. The average Bonchev–Trinajstić information content (AvgIpc) is 2.90. The predicted octanol–water partition coefficient (Wildman–Crippen LogP) is 8.37. The van der Waals surface area contributed by atoms with Crippen molar-refractivity contribution in [2.75, 3.05) is 6.54 Å². The normalized spacial score (nSPS) is 11.5. The highest BCUT2D eigenvalue weighted by Crippen LogP contribution is 2.40. The van der Waals surface area contributed by atoms with Gasteiger partial charge in [-0.1, -0.05) is 84.9 Å². The van der Waals surface area contributed by atoms with Gasteiger partial charge in [-0.15, -0.1) is 0 Å². The first kappa shape index (κ1) is 27.5. The molecule has 0 saturated heterocycles. The van der Waals surface area contributed by atoms with Gasteiger partial charge in [-0.2, -0.15) is 0 Å². The van der Waals surface area contributed by atoms with Crippen LogP contribution in [0.1, 0.15) is 66.5 Å². The van der Waals surface area contributed by atoms with Gasteiger partial charge in [0.05, 0.1) is 0 Å². The smallest absolute Gasteiger partial charge is 0.123 e. The topological polar surface area (TPSA) is 30.5 Å². The predicted molar refractivity (Wildman–Crippen MR) is 158 cm³/mol. The fourth-order valence-corrected chi connectivity index (χ4v) is 4.65. The number of ether oxygens (including phenoxy) is 2. The molecule has 0 aliphatic heterocycles. The molecule has 0 heterocycles. The second-order valence-electron chi connectivity index (χ2n) is 11.1. The molecular weight excluding hydrogens is 466 g/mol. The summed E-state index contributed by atoms with van der Waals surface area (Å²) < 4.78 is 13.0. The molecule has 0 bridgehead atoms. The molecule has 38 heavy (non-hydrogen) atoms. The maximum atomic E-state index is 6.49. The lowest BCUT2D eigenvalue weighted by molar-refractivity contribution is 0.295. The van der Waals surface area contributed by atoms with Crippen LogP contribution in [0.2, 0.25) is 0 Å². The minimum atomic E-state index is 0.0460. The standard InChI is InChI=1S/C35H41NO2/c1-26-16-18-31(33(22-26)37-24-28-12-8-6-9-13-28)30(20-21-36-35(3,4)5)32-19-17-27(2)23-34(32)38-25-29-14-10-7-11-15-29/h6-19,22-23,30,36H,20-21,24-25H2,1-5H3. The monoisotopic (exact) mass is 507 g/mol. The second-order valence-corrected chi connectivity index (χ2v) is 11.1. The van der Waals surface area contributed by atoms with Crippen LogP contribution in [0.4, 0.5) is 0 Å². The number of nitrogens with one attached hydrogen (secondary N) is 1. The molecule has 0 unspecified atom stereocenters. The van der Waals surface area contributed by atoms with Gasteiger partial charge < -0.3 is 14.8 Å². The Labute approximate surface area is 228 Å². The van der Waals surface area contributed by atoms with E-state index >= 15 is 0 Å². The highest BCUT2D eigenvalue weighted by Gasteiger charge is 2.23. The molecule has 3 nitrogen and oxygen atoms in total. The van der Waals surface area contributed by atoms with Crippen molar-refractivity contribution in [3.05, 3.63) is 130 Å². The Kier molecular flexibility index (Phi) is 9.25. The van der Waals surface area contributed by atoms with E-state index in [-0.39, 0.29) is 11.5 Å². The maximum absolute atomic E-state index is 6.49. The van der Waals surface area contributed by atoms with Crippen LogP contribution in [0.3, 0.4) is 0 Å². The van der Waals surface area contributed by atoms with Gasteiger partial charge in [-0.05, 0) is 82.0 Å². The van der Waals surface area contributed by atoms with Crippen LogP contribution in [0.25, 0.3) is 0 Å². The summed E-state index contributed by atoms with van der Waals surface area (Å²) in [6.07, 6.45) is 0.923. The largest absolute Gasteiger partial charge is 0.489 e. The van der Waals surface area contributed by atoms with Crippen LogP contribution >= 0.6 is 0 Å². The molecule has 0 atom stereocenters. The molecule has 4 rings (SSSR count). The third-order valence-corrected chi connectivity index (χ3v) is 6.65. The minimum absolute atomic E-state index is 0.0460. The molecule has 4 aromatic rings. The van der Waals surface area contributed by atoms with Gasteiger partial charge in [-0.3, -0.25) is 0 Å². The Morgan fingerprint density at radius 1 is 0.632 bits per heavy atom. The summed E-state index contributed by atoms with van der Waals surface area (Å²) in [6.45, 7) is 12.8. The molecule has 0 fully saturated rings. The zero-order chi connectivity index (χ0) is 27.0. The molecule has 0 aromatic heterocycles. The van der Waals surface area contributed by atoms with Crippen molar-refractivity contribution in [1.29, 1.82) is 0 Å². The van der Waals surface area contributed by atoms with Crippen LogP contribution in [0, 0.1) is 13.8 Å². The van der Waals surface area contributed by atoms with Crippen molar-refractivity contribution >= 4 is 0 Å². The lowest BCUT2D eigenvalue weighted by atomic mass is 9.86. The van der Waals surface area contributed by atoms with Gasteiger partial charge in [0.25, 0.3) is 0 Å². The average molecular weight is 508 g/mol. The van der Waals surface area contributed by atoms with E-state index in [1.165, 1.54) is 22.3 Å². The lowest BCUT2D eigenvalue weighted by Crippen LogP contribution is -2.37. The first-order chi connectivity index (χ1) is 18.3. The Hall–Kier alpha value is -3.56. The molecule has 4 aromatic carbocycles. The molecule has 0 aliphatic rings. The molecule has 0 radical (unpaired) electrons. The fraction of sp³-hybridized carbons (Fsp3) is 0.314. The van der Waals surface area contributed by atoms with Crippen molar-refractivity contribution in [3.63, 3.8) is 0 Å². The van der Waals surface area contributed by atoms with Crippen molar-refractivity contribution < 1.29 is 9.47 Å². The fourth-order valence-electron chi connectivity index (χ4n) is 4.65. The van der Waals surface area contributed by atoms with E-state index in [0.717, 1.165) is 35.6 Å². The zero-order valence-corrected chi connectivity index (χ0v) is 23.5. The number of hydrogen-bond acceptors (Lipinski definition) is 3. The Bertz CT molecular complexity index is 1200. The van der Waals surface area contributed by atoms with Gasteiger partial charge >= 0.3 is 0 Å². The van der Waals surface area contributed by atoms with E-state index in [4.69, 9.17) is 9.47 Å². The van der Waals surface area contributed by atoms with Crippen LogP contribution in [0.15, 0.2) is 97.1 Å². The van der Waals surface area contributed by atoms with E-state index in [0.29, 0.717) is 13.2 Å². The molecule has 3 heteroatoms. The summed E-state index contributed by atoms with van der Waals surface area (Å²) in [5.74, 6) is 1.98. The summed E-state index contributed by atoms with van der Waals surface area (Å²) >= 11 is 0. The van der Waals surface area contributed by atoms with Crippen LogP contribution in [-0.4, -0.2) is 12.1 Å². The Morgan fingerprint density at radius 3 is 1.50 bits per heavy atom. The van der Waals surface area contributed by atoms with E-state index in [2.05, 4.69) is 125 Å². The lowest BCUT2D eigenvalue weighted by Gasteiger charge is -2.27. The Morgan fingerprint density at radius 2 is 1.08 bits per heavy atom. The molecule has 0 spiro atoms. The summed E-state index contributed by atoms with van der Waals surface area (Å²) in [6, 6.07) is 33.9.